The van der Waals surface area contributed by atoms with Gasteiger partial charge in [0.25, 0.3) is 0 Å². The number of halogens is 1. The second-order valence-electron chi connectivity index (χ2n) is 10.4. The standard InChI is InChI=1S/C29H34FN3O4S2/c1-19-13-21(16-32-9-11-39(36)12-10-32)3-4-23(19)17-37-27-6-5-24(30)15-25(27)26-18-38-29(31-26)33-8-7-22(28(34)35)14-20(33)2/h3-6,13,15,18,20,22H,7-12,14,16-17H2,1-2H3,(H,34,35). The average molecular weight is 572 g/mol. The second-order valence-corrected chi connectivity index (χ2v) is 13.0. The van der Waals surface area contributed by atoms with Crippen LogP contribution in [0.2, 0.25) is 0 Å². The van der Waals surface area contributed by atoms with E-state index in [2.05, 4.69) is 34.9 Å². The zero-order valence-electron chi connectivity index (χ0n) is 22.3. The molecule has 0 aliphatic carbocycles. The smallest absolute Gasteiger partial charge is 0.306 e. The quantitative estimate of drug-likeness (QED) is 0.377. The molecule has 1 N–H and O–H groups in total. The number of aryl methyl sites for hydroxylation is 1. The largest absolute Gasteiger partial charge is 0.616 e. The summed E-state index contributed by atoms with van der Waals surface area (Å²) in [5.41, 5.74) is 4.66. The number of ether oxygens (including phenoxy) is 1. The fraction of sp³-hybridized carbons (Fsp3) is 0.448. The lowest BCUT2D eigenvalue weighted by Crippen LogP contribution is -2.42. The van der Waals surface area contributed by atoms with Gasteiger partial charge in [-0.05, 0) is 61.6 Å². The molecule has 0 saturated carbocycles. The monoisotopic (exact) mass is 571 g/mol. The lowest BCUT2D eigenvalue weighted by molar-refractivity contribution is -0.142. The third-order valence-electron chi connectivity index (χ3n) is 7.65. The van der Waals surface area contributed by atoms with Gasteiger partial charge in [0.2, 0.25) is 0 Å². The molecule has 2 aliphatic heterocycles. The predicted molar refractivity (Wildman–Crippen MR) is 153 cm³/mol. The van der Waals surface area contributed by atoms with E-state index in [0.717, 1.165) is 47.4 Å². The molecule has 5 rings (SSSR count). The number of carbonyl (C=O) groups is 1. The summed E-state index contributed by atoms with van der Waals surface area (Å²) in [5, 5.41) is 12.1. The molecular weight excluding hydrogens is 537 g/mol. The number of anilines is 1. The van der Waals surface area contributed by atoms with Crippen molar-refractivity contribution in [1.82, 2.24) is 9.88 Å². The summed E-state index contributed by atoms with van der Waals surface area (Å²) in [5.74, 6) is 0.628. The van der Waals surface area contributed by atoms with Crippen LogP contribution in [0, 0.1) is 18.7 Å². The zero-order valence-corrected chi connectivity index (χ0v) is 23.9. The first kappa shape index (κ1) is 27.9. The highest BCUT2D eigenvalue weighted by Gasteiger charge is 2.31. The number of carboxylic acid groups (broad SMARTS) is 1. The molecule has 10 heteroatoms. The van der Waals surface area contributed by atoms with Crippen molar-refractivity contribution in [1.29, 1.82) is 0 Å². The van der Waals surface area contributed by atoms with Gasteiger partial charge in [-0.3, -0.25) is 9.69 Å². The van der Waals surface area contributed by atoms with Crippen molar-refractivity contribution >= 4 is 33.6 Å². The van der Waals surface area contributed by atoms with Gasteiger partial charge >= 0.3 is 5.97 Å². The molecule has 2 aliphatic rings. The molecule has 7 nitrogen and oxygen atoms in total. The Balaban J connectivity index is 1.26. The number of hydrogen-bond acceptors (Lipinski definition) is 7. The highest BCUT2D eigenvalue weighted by Crippen LogP contribution is 2.37. The lowest BCUT2D eigenvalue weighted by atomic mass is 9.92. The van der Waals surface area contributed by atoms with Gasteiger partial charge in [0.05, 0.1) is 11.6 Å². The van der Waals surface area contributed by atoms with Crippen molar-refractivity contribution in [2.75, 3.05) is 36.0 Å². The summed E-state index contributed by atoms with van der Waals surface area (Å²) in [4.78, 5) is 20.7. The Kier molecular flexibility index (Phi) is 8.76. The van der Waals surface area contributed by atoms with Gasteiger partial charge in [-0.15, -0.1) is 11.3 Å². The summed E-state index contributed by atoms with van der Waals surface area (Å²) in [6, 6.07) is 10.9. The molecule has 3 heterocycles. The number of benzene rings is 2. The number of piperidine rings is 1. The van der Waals surface area contributed by atoms with Crippen molar-refractivity contribution in [2.24, 2.45) is 5.92 Å². The van der Waals surface area contributed by atoms with Crippen LogP contribution in [0.5, 0.6) is 5.75 Å². The van der Waals surface area contributed by atoms with Crippen LogP contribution >= 0.6 is 11.3 Å². The minimum absolute atomic E-state index is 0.0620. The number of rotatable bonds is 8. The van der Waals surface area contributed by atoms with Crippen molar-refractivity contribution in [3.8, 4) is 17.0 Å². The Morgan fingerprint density at radius 2 is 2.03 bits per heavy atom. The summed E-state index contributed by atoms with van der Waals surface area (Å²) in [7, 11) is 0. The Bertz CT molecular complexity index is 1310. The minimum atomic E-state index is -0.742. The van der Waals surface area contributed by atoms with Gasteiger partial charge in [0.15, 0.2) is 5.13 Å². The van der Waals surface area contributed by atoms with Gasteiger partial charge in [-0.25, -0.2) is 9.37 Å². The van der Waals surface area contributed by atoms with Gasteiger partial charge < -0.3 is 19.3 Å². The van der Waals surface area contributed by atoms with E-state index >= 15 is 0 Å². The van der Waals surface area contributed by atoms with E-state index in [-0.39, 0.29) is 17.8 Å². The van der Waals surface area contributed by atoms with E-state index in [0.29, 0.717) is 43.0 Å². The van der Waals surface area contributed by atoms with Crippen LogP contribution in [0.15, 0.2) is 41.8 Å². The molecule has 3 aromatic rings. The summed E-state index contributed by atoms with van der Waals surface area (Å²) >= 11 is 0.803. The molecule has 0 amide bonds. The number of aromatic nitrogens is 1. The number of thiazole rings is 1. The number of aliphatic carboxylic acids is 1. The first-order valence-electron chi connectivity index (χ1n) is 13.3. The van der Waals surface area contributed by atoms with Crippen LogP contribution < -0.4 is 9.64 Å². The van der Waals surface area contributed by atoms with E-state index in [9.17, 15) is 18.8 Å². The first-order chi connectivity index (χ1) is 18.8. The summed E-state index contributed by atoms with van der Waals surface area (Å²) in [6.07, 6.45) is 1.16. The predicted octanol–water partition coefficient (Wildman–Crippen LogP) is 5.09. The van der Waals surface area contributed by atoms with Crippen LogP contribution in [-0.4, -0.2) is 62.7 Å². The Labute approximate surface area is 235 Å². The molecule has 0 bridgehead atoms. The Hall–Kier alpha value is -2.66. The van der Waals surface area contributed by atoms with Crippen molar-refractivity contribution < 1.29 is 23.6 Å². The molecule has 2 aromatic carbocycles. The molecule has 2 saturated heterocycles. The first-order valence-corrected chi connectivity index (χ1v) is 15.7. The third-order valence-corrected chi connectivity index (χ3v) is 9.80. The normalized spacial score (nSPS) is 20.8. The van der Waals surface area contributed by atoms with Gasteiger partial charge in [-0.1, -0.05) is 29.4 Å². The molecule has 2 atom stereocenters. The average Bonchev–Trinajstić information content (AvgIpc) is 3.40. The van der Waals surface area contributed by atoms with Crippen molar-refractivity contribution in [2.45, 2.75) is 45.9 Å². The lowest BCUT2D eigenvalue weighted by Gasteiger charge is -2.36. The fourth-order valence-corrected chi connectivity index (χ4v) is 7.38. The van der Waals surface area contributed by atoms with Crippen LogP contribution in [0.3, 0.4) is 0 Å². The number of carboxylic acids is 1. The third kappa shape index (κ3) is 6.74. The molecule has 2 fully saturated rings. The van der Waals surface area contributed by atoms with E-state index in [1.807, 2.05) is 12.3 Å². The summed E-state index contributed by atoms with van der Waals surface area (Å²) in [6.45, 7) is 7.65. The van der Waals surface area contributed by atoms with Crippen molar-refractivity contribution in [3.05, 3.63) is 64.3 Å². The maximum atomic E-state index is 14.3. The van der Waals surface area contributed by atoms with Crippen LogP contribution in [-0.2, 0) is 29.1 Å². The Morgan fingerprint density at radius 3 is 2.74 bits per heavy atom. The van der Waals surface area contributed by atoms with Gasteiger partial charge in [-0.2, -0.15) is 0 Å². The van der Waals surface area contributed by atoms with E-state index in [1.165, 1.54) is 29.0 Å². The van der Waals surface area contributed by atoms with Crippen LogP contribution in [0.1, 0.15) is 36.5 Å². The Morgan fingerprint density at radius 1 is 1.23 bits per heavy atom. The van der Waals surface area contributed by atoms with E-state index in [1.54, 1.807) is 6.07 Å². The molecule has 2 unspecified atom stereocenters. The fourth-order valence-electron chi connectivity index (χ4n) is 5.29. The maximum Gasteiger partial charge on any atom is 0.306 e. The zero-order chi connectivity index (χ0) is 27.5. The molecule has 1 aromatic heterocycles. The minimum Gasteiger partial charge on any atom is -0.616 e. The second kappa shape index (κ2) is 12.2. The maximum absolute atomic E-state index is 14.3. The van der Waals surface area contributed by atoms with Crippen LogP contribution in [0.25, 0.3) is 11.3 Å². The van der Waals surface area contributed by atoms with Crippen LogP contribution in [0.4, 0.5) is 9.52 Å². The highest BCUT2D eigenvalue weighted by atomic mass is 32.2. The van der Waals surface area contributed by atoms with Gasteiger partial charge in [0.1, 0.15) is 29.7 Å². The molecular formula is C29H34FN3O4S2. The molecule has 0 spiro atoms. The highest BCUT2D eigenvalue weighted by molar-refractivity contribution is 7.91. The van der Waals surface area contributed by atoms with Crippen molar-refractivity contribution in [3.63, 3.8) is 0 Å². The van der Waals surface area contributed by atoms with E-state index < -0.39 is 17.1 Å². The SMILES string of the molecule is Cc1cc(CN2CC[S+]([O-])CC2)ccc1COc1ccc(F)cc1-c1csc(N2CCC(C(=O)O)CC2C)n1. The van der Waals surface area contributed by atoms with Gasteiger partial charge in [0, 0.05) is 43.2 Å². The molecule has 0 radical (unpaired) electrons. The summed E-state index contributed by atoms with van der Waals surface area (Å²) < 4.78 is 32.1. The number of hydrogen-bond donors (Lipinski definition) is 1. The number of nitrogens with zero attached hydrogens (tertiary/aromatic N) is 3. The topological polar surface area (TPSA) is 89.0 Å². The molecule has 208 valence electrons. The molecule has 39 heavy (non-hydrogen) atoms. The van der Waals surface area contributed by atoms with E-state index in [4.69, 9.17) is 9.72 Å².